The standard InChI is InChI=1S/C24H40O3/c1-10-23(18(5)6,20-14-12-13-15-21(20)26-9)24(19(7)8,16-17(3)4)22(25)27-11-2/h12-15,17-19H,10-11,16H2,1-9H3. The maximum Gasteiger partial charge on any atom is 0.313 e. The van der Waals surface area contributed by atoms with Gasteiger partial charge >= 0.3 is 5.97 Å². The lowest BCUT2D eigenvalue weighted by molar-refractivity contribution is -0.170. The fourth-order valence-electron chi connectivity index (χ4n) is 5.33. The summed E-state index contributed by atoms with van der Waals surface area (Å²) in [6.07, 6.45) is 1.63. The monoisotopic (exact) mass is 376 g/mol. The number of para-hydroxylation sites is 1. The third-order valence-electron chi connectivity index (χ3n) is 6.28. The highest BCUT2D eigenvalue weighted by Crippen LogP contribution is 2.59. The van der Waals surface area contributed by atoms with Crippen LogP contribution in [0.15, 0.2) is 24.3 Å². The van der Waals surface area contributed by atoms with Gasteiger partial charge in [0, 0.05) is 11.0 Å². The van der Waals surface area contributed by atoms with Crippen LogP contribution in [0, 0.1) is 23.2 Å². The molecule has 0 aromatic heterocycles. The van der Waals surface area contributed by atoms with Gasteiger partial charge in [0.15, 0.2) is 0 Å². The van der Waals surface area contributed by atoms with E-state index in [1.807, 2.05) is 19.1 Å². The van der Waals surface area contributed by atoms with Crippen molar-refractivity contribution in [2.24, 2.45) is 23.2 Å². The average Bonchev–Trinajstić information content (AvgIpc) is 2.61. The van der Waals surface area contributed by atoms with Gasteiger partial charge in [0.25, 0.3) is 0 Å². The van der Waals surface area contributed by atoms with Crippen LogP contribution in [0.25, 0.3) is 0 Å². The predicted molar refractivity (Wildman–Crippen MR) is 113 cm³/mol. The summed E-state index contributed by atoms with van der Waals surface area (Å²) in [5.41, 5.74) is 0.103. The van der Waals surface area contributed by atoms with Crippen LogP contribution in [-0.4, -0.2) is 19.7 Å². The predicted octanol–water partition coefficient (Wildman–Crippen LogP) is 6.25. The van der Waals surface area contributed by atoms with Gasteiger partial charge in [-0.1, -0.05) is 66.7 Å². The van der Waals surface area contributed by atoms with E-state index in [-0.39, 0.29) is 23.2 Å². The molecule has 2 atom stereocenters. The van der Waals surface area contributed by atoms with Crippen molar-refractivity contribution in [3.8, 4) is 5.75 Å². The van der Waals surface area contributed by atoms with Crippen molar-refractivity contribution in [1.29, 1.82) is 0 Å². The zero-order valence-corrected chi connectivity index (χ0v) is 18.9. The Morgan fingerprint density at radius 2 is 1.59 bits per heavy atom. The number of esters is 1. The summed E-state index contributed by atoms with van der Waals surface area (Å²) in [5, 5.41) is 0. The summed E-state index contributed by atoms with van der Waals surface area (Å²) < 4.78 is 11.5. The number of benzene rings is 1. The third-order valence-corrected chi connectivity index (χ3v) is 6.28. The van der Waals surface area contributed by atoms with Crippen LogP contribution in [0.4, 0.5) is 0 Å². The topological polar surface area (TPSA) is 35.5 Å². The zero-order chi connectivity index (χ0) is 20.8. The van der Waals surface area contributed by atoms with Gasteiger partial charge in [-0.3, -0.25) is 4.79 Å². The van der Waals surface area contributed by atoms with Gasteiger partial charge in [0.2, 0.25) is 0 Å². The van der Waals surface area contributed by atoms with Crippen molar-refractivity contribution in [3.63, 3.8) is 0 Å². The molecule has 3 nitrogen and oxygen atoms in total. The van der Waals surface area contributed by atoms with Crippen LogP contribution in [0.3, 0.4) is 0 Å². The second-order valence-corrected chi connectivity index (χ2v) is 8.62. The van der Waals surface area contributed by atoms with Gasteiger partial charge in [0.1, 0.15) is 5.75 Å². The number of carbonyl (C=O) groups is 1. The van der Waals surface area contributed by atoms with Crippen molar-refractivity contribution in [2.45, 2.75) is 73.6 Å². The summed E-state index contributed by atoms with van der Waals surface area (Å²) >= 11 is 0. The summed E-state index contributed by atoms with van der Waals surface area (Å²) in [6, 6.07) is 8.19. The highest BCUT2D eigenvalue weighted by molar-refractivity contribution is 5.80. The molecule has 1 rings (SSSR count). The van der Waals surface area contributed by atoms with E-state index < -0.39 is 5.41 Å². The fourth-order valence-corrected chi connectivity index (χ4v) is 5.33. The van der Waals surface area contributed by atoms with Gasteiger partial charge < -0.3 is 9.47 Å². The number of ether oxygens (including phenoxy) is 2. The Kier molecular flexibility index (Phi) is 8.38. The molecule has 0 N–H and O–H groups in total. The van der Waals surface area contributed by atoms with Crippen molar-refractivity contribution in [2.75, 3.05) is 13.7 Å². The largest absolute Gasteiger partial charge is 0.496 e. The van der Waals surface area contributed by atoms with Gasteiger partial charge in [-0.25, -0.2) is 0 Å². The molecule has 0 radical (unpaired) electrons. The Hall–Kier alpha value is -1.51. The second kappa shape index (κ2) is 9.61. The first-order valence-corrected chi connectivity index (χ1v) is 10.5. The van der Waals surface area contributed by atoms with Crippen LogP contribution in [-0.2, 0) is 14.9 Å². The minimum absolute atomic E-state index is 0.0739. The Labute approximate surface area is 166 Å². The lowest BCUT2D eigenvalue weighted by Gasteiger charge is -2.55. The molecule has 0 saturated carbocycles. The van der Waals surface area contributed by atoms with Crippen molar-refractivity contribution in [1.82, 2.24) is 0 Å². The molecule has 154 valence electrons. The van der Waals surface area contributed by atoms with Gasteiger partial charge in [-0.15, -0.1) is 0 Å². The van der Waals surface area contributed by atoms with Crippen molar-refractivity contribution in [3.05, 3.63) is 29.8 Å². The Bertz CT molecular complexity index is 605. The molecule has 0 aliphatic carbocycles. The van der Waals surface area contributed by atoms with Gasteiger partial charge in [-0.2, -0.15) is 0 Å². The molecule has 0 aliphatic rings. The van der Waals surface area contributed by atoms with Crippen LogP contribution in [0.1, 0.15) is 73.8 Å². The maximum atomic E-state index is 13.7. The molecule has 0 heterocycles. The number of hydrogen-bond acceptors (Lipinski definition) is 3. The fraction of sp³-hybridized carbons (Fsp3) is 0.708. The second-order valence-electron chi connectivity index (χ2n) is 8.62. The van der Waals surface area contributed by atoms with E-state index in [2.05, 4.69) is 60.6 Å². The summed E-state index contributed by atoms with van der Waals surface area (Å²) in [6.45, 7) is 17.7. The van der Waals surface area contributed by atoms with Gasteiger partial charge in [-0.05, 0) is 43.6 Å². The van der Waals surface area contributed by atoms with Crippen molar-refractivity contribution >= 4 is 5.97 Å². The smallest absolute Gasteiger partial charge is 0.313 e. The molecule has 1 aromatic carbocycles. The van der Waals surface area contributed by atoms with Gasteiger partial charge in [0.05, 0.1) is 19.1 Å². The number of hydrogen-bond donors (Lipinski definition) is 0. The summed E-state index contributed by atoms with van der Waals surface area (Å²) in [7, 11) is 1.71. The quantitative estimate of drug-likeness (QED) is 0.453. The molecule has 0 fully saturated rings. The van der Waals surface area contributed by atoms with E-state index in [0.29, 0.717) is 12.5 Å². The summed E-state index contributed by atoms with van der Waals surface area (Å²) in [4.78, 5) is 13.7. The van der Waals surface area contributed by atoms with Crippen LogP contribution in [0.2, 0.25) is 0 Å². The molecule has 0 saturated heterocycles. The third kappa shape index (κ3) is 4.02. The number of carbonyl (C=O) groups excluding carboxylic acids is 1. The van der Waals surface area contributed by atoms with Crippen molar-refractivity contribution < 1.29 is 14.3 Å². The maximum absolute atomic E-state index is 13.7. The molecular formula is C24H40O3. The molecule has 2 unspecified atom stereocenters. The van der Waals surface area contributed by atoms with Crippen LogP contribution < -0.4 is 4.74 Å². The lowest BCUT2D eigenvalue weighted by atomic mass is 9.47. The molecule has 0 aliphatic heterocycles. The molecule has 3 heteroatoms. The zero-order valence-electron chi connectivity index (χ0n) is 18.9. The normalized spacial score (nSPS) is 16.3. The molecule has 27 heavy (non-hydrogen) atoms. The first-order valence-electron chi connectivity index (χ1n) is 10.5. The van der Waals surface area contributed by atoms with E-state index in [1.165, 1.54) is 0 Å². The molecule has 0 amide bonds. The van der Waals surface area contributed by atoms with E-state index in [0.717, 1.165) is 24.2 Å². The SMILES string of the molecule is CCOC(=O)C(CC(C)C)(C(C)C)C(CC)(c1ccccc1OC)C(C)C. The Balaban J connectivity index is 3.98. The molecule has 1 aromatic rings. The van der Waals surface area contributed by atoms with E-state index in [1.54, 1.807) is 7.11 Å². The Morgan fingerprint density at radius 3 is 2.00 bits per heavy atom. The molecule has 0 spiro atoms. The average molecular weight is 377 g/mol. The minimum atomic E-state index is -0.630. The van der Waals surface area contributed by atoms with Crippen LogP contribution in [0.5, 0.6) is 5.75 Å². The number of rotatable bonds is 10. The first-order chi connectivity index (χ1) is 12.6. The lowest BCUT2D eigenvalue weighted by Crippen LogP contribution is -2.58. The number of methoxy groups -OCH3 is 1. The molecular weight excluding hydrogens is 336 g/mol. The van der Waals surface area contributed by atoms with E-state index in [4.69, 9.17) is 9.47 Å². The van der Waals surface area contributed by atoms with E-state index in [9.17, 15) is 4.79 Å². The highest BCUT2D eigenvalue weighted by Gasteiger charge is 2.61. The van der Waals surface area contributed by atoms with Crippen LogP contribution >= 0.6 is 0 Å². The highest BCUT2D eigenvalue weighted by atomic mass is 16.5. The summed E-state index contributed by atoms with van der Waals surface area (Å²) in [5.74, 6) is 1.52. The first kappa shape index (κ1) is 23.5. The Morgan fingerprint density at radius 1 is 1.00 bits per heavy atom. The molecule has 0 bridgehead atoms. The van der Waals surface area contributed by atoms with E-state index >= 15 is 0 Å². The minimum Gasteiger partial charge on any atom is -0.496 e.